The molecular formula is C26H32N6O2. The predicted molar refractivity (Wildman–Crippen MR) is 134 cm³/mol. The highest BCUT2D eigenvalue weighted by atomic mass is 16.5. The first-order chi connectivity index (χ1) is 16.2. The Hall–Kier alpha value is -3.39. The predicted octanol–water partition coefficient (Wildman–Crippen LogP) is 3.73. The Morgan fingerprint density at radius 1 is 1.21 bits per heavy atom. The molecule has 1 fully saturated rings. The molecule has 0 bridgehead atoms. The fourth-order valence-corrected chi connectivity index (χ4v) is 5.26. The minimum absolute atomic E-state index is 0.0142. The number of pyridine rings is 1. The molecule has 8 heteroatoms. The molecule has 8 nitrogen and oxygen atoms in total. The number of fused-ring (bicyclic) bond motifs is 2. The first-order valence-electron chi connectivity index (χ1n) is 11.8. The zero-order valence-electron chi connectivity index (χ0n) is 20.7. The number of aromatic nitrogens is 4. The van der Waals surface area contributed by atoms with Gasteiger partial charge in [-0.25, -0.2) is 9.97 Å². The Bertz CT molecular complexity index is 1420. The van der Waals surface area contributed by atoms with Crippen molar-refractivity contribution in [1.29, 1.82) is 0 Å². The van der Waals surface area contributed by atoms with Crippen molar-refractivity contribution in [2.24, 2.45) is 18.7 Å². The fourth-order valence-electron chi connectivity index (χ4n) is 5.26. The summed E-state index contributed by atoms with van der Waals surface area (Å²) in [6.07, 6.45) is 0. The number of methoxy groups -OCH3 is 1. The molecule has 0 saturated carbocycles. The lowest BCUT2D eigenvalue weighted by atomic mass is 10.0. The van der Waals surface area contributed by atoms with Crippen molar-refractivity contribution in [3.8, 4) is 17.3 Å². The van der Waals surface area contributed by atoms with E-state index in [9.17, 15) is 4.79 Å². The molecule has 3 aromatic heterocycles. The van der Waals surface area contributed by atoms with E-state index in [2.05, 4.69) is 30.5 Å². The zero-order valence-corrected chi connectivity index (χ0v) is 20.7. The third-order valence-corrected chi connectivity index (χ3v) is 7.28. The van der Waals surface area contributed by atoms with Gasteiger partial charge in [0.25, 0.3) is 5.91 Å². The van der Waals surface area contributed by atoms with Gasteiger partial charge in [-0.05, 0) is 57.0 Å². The van der Waals surface area contributed by atoms with Crippen LogP contribution < -0.4 is 10.5 Å². The van der Waals surface area contributed by atoms with Crippen LogP contribution in [0.5, 0.6) is 5.75 Å². The average Bonchev–Trinajstić information content (AvgIpc) is 3.44. The normalized spacial score (nSPS) is 20.6. The van der Waals surface area contributed by atoms with Crippen molar-refractivity contribution in [2.75, 3.05) is 13.7 Å². The summed E-state index contributed by atoms with van der Waals surface area (Å²) in [5.41, 5.74) is 11.3. The van der Waals surface area contributed by atoms with Gasteiger partial charge < -0.3 is 24.5 Å². The van der Waals surface area contributed by atoms with E-state index >= 15 is 0 Å². The van der Waals surface area contributed by atoms with Crippen molar-refractivity contribution in [3.63, 3.8) is 0 Å². The Morgan fingerprint density at radius 2 is 1.97 bits per heavy atom. The highest BCUT2D eigenvalue weighted by Crippen LogP contribution is 2.35. The van der Waals surface area contributed by atoms with E-state index in [0.29, 0.717) is 17.9 Å². The number of hydrogen-bond acceptors (Lipinski definition) is 5. The molecule has 1 saturated heterocycles. The Labute approximate surface area is 199 Å². The second kappa shape index (κ2) is 8.13. The van der Waals surface area contributed by atoms with E-state index in [0.717, 1.165) is 45.8 Å². The number of ether oxygens (including phenoxy) is 1. The first-order valence-corrected chi connectivity index (χ1v) is 11.8. The van der Waals surface area contributed by atoms with E-state index in [1.54, 1.807) is 7.11 Å². The topological polar surface area (TPSA) is 91.2 Å². The maximum absolute atomic E-state index is 13.4. The van der Waals surface area contributed by atoms with Crippen LogP contribution in [0.3, 0.4) is 0 Å². The van der Waals surface area contributed by atoms with E-state index in [1.165, 1.54) is 0 Å². The minimum atomic E-state index is -0.0398. The van der Waals surface area contributed by atoms with Crippen LogP contribution in [0.25, 0.3) is 33.6 Å². The molecule has 1 aromatic carbocycles. The number of amides is 1. The third-order valence-electron chi connectivity index (χ3n) is 7.28. The molecule has 0 spiro atoms. The molecular weight excluding hydrogens is 428 g/mol. The minimum Gasteiger partial charge on any atom is -0.494 e. The Kier molecular flexibility index (Phi) is 5.36. The van der Waals surface area contributed by atoms with E-state index in [-0.39, 0.29) is 23.9 Å². The van der Waals surface area contributed by atoms with Crippen LogP contribution >= 0.6 is 0 Å². The van der Waals surface area contributed by atoms with Crippen molar-refractivity contribution >= 4 is 28.0 Å². The molecule has 4 aromatic rings. The van der Waals surface area contributed by atoms with E-state index in [1.807, 2.05) is 48.6 Å². The molecule has 3 atom stereocenters. The number of imidazole rings is 1. The third kappa shape index (κ3) is 3.27. The van der Waals surface area contributed by atoms with Crippen molar-refractivity contribution < 1.29 is 9.53 Å². The van der Waals surface area contributed by atoms with Crippen LogP contribution in [-0.2, 0) is 13.6 Å². The van der Waals surface area contributed by atoms with Gasteiger partial charge in [-0.2, -0.15) is 0 Å². The maximum Gasteiger partial charge on any atom is 0.254 e. The molecule has 5 rings (SSSR count). The number of carbonyl (C=O) groups is 1. The molecule has 1 aliphatic rings. The Morgan fingerprint density at radius 3 is 2.62 bits per heavy atom. The molecule has 34 heavy (non-hydrogen) atoms. The monoisotopic (exact) mass is 460 g/mol. The number of rotatable bonds is 4. The summed E-state index contributed by atoms with van der Waals surface area (Å²) in [4.78, 5) is 25.0. The lowest BCUT2D eigenvalue weighted by molar-refractivity contribution is 0.0739. The van der Waals surface area contributed by atoms with Gasteiger partial charge in [0, 0.05) is 48.9 Å². The smallest absolute Gasteiger partial charge is 0.254 e. The lowest BCUT2D eigenvalue weighted by Gasteiger charge is -2.23. The molecule has 2 N–H and O–H groups in total. The maximum atomic E-state index is 13.4. The van der Waals surface area contributed by atoms with Crippen LogP contribution in [-0.4, -0.2) is 55.6 Å². The van der Waals surface area contributed by atoms with Gasteiger partial charge in [-0.1, -0.05) is 6.92 Å². The van der Waals surface area contributed by atoms with Crippen LogP contribution in [0.2, 0.25) is 0 Å². The van der Waals surface area contributed by atoms with Crippen molar-refractivity contribution in [2.45, 2.75) is 46.3 Å². The molecule has 4 heterocycles. The summed E-state index contributed by atoms with van der Waals surface area (Å²) in [5, 5.41) is 1.07. The lowest BCUT2D eigenvalue weighted by Crippen LogP contribution is -2.40. The summed E-state index contributed by atoms with van der Waals surface area (Å²) in [6, 6.07) is 9.89. The first kappa shape index (κ1) is 22.4. The van der Waals surface area contributed by atoms with E-state index in [4.69, 9.17) is 20.4 Å². The number of likely N-dealkylation sites (tertiary alicyclic amines) is 1. The van der Waals surface area contributed by atoms with Gasteiger partial charge in [-0.15, -0.1) is 0 Å². The van der Waals surface area contributed by atoms with Gasteiger partial charge in [0.15, 0.2) is 5.82 Å². The highest BCUT2D eigenvalue weighted by molar-refractivity contribution is 6.00. The molecule has 0 radical (unpaired) electrons. The number of benzene rings is 1. The fraction of sp³-hybridized carbons (Fsp3) is 0.423. The van der Waals surface area contributed by atoms with Crippen LogP contribution in [0.4, 0.5) is 0 Å². The number of carbonyl (C=O) groups excluding carboxylic acids is 1. The average molecular weight is 461 g/mol. The summed E-state index contributed by atoms with van der Waals surface area (Å²) in [5.74, 6) is 1.65. The SMILES string of the molecule is CCn1c(-c2nc3cc(C(=O)N4C[C@@H](C)[C@@H](N)[C@H]4C)cc(OC)c3n2C)cc2ccc(C)nc21. The van der Waals surface area contributed by atoms with Gasteiger partial charge in [0.05, 0.1) is 18.3 Å². The zero-order chi connectivity index (χ0) is 24.3. The van der Waals surface area contributed by atoms with Gasteiger partial charge in [-0.3, -0.25) is 4.79 Å². The number of nitrogens with zero attached hydrogens (tertiary/aromatic N) is 5. The second-order valence-electron chi connectivity index (χ2n) is 9.43. The van der Waals surface area contributed by atoms with Crippen LogP contribution in [0.1, 0.15) is 36.8 Å². The molecule has 0 unspecified atom stereocenters. The highest BCUT2D eigenvalue weighted by Gasteiger charge is 2.37. The van der Waals surface area contributed by atoms with Crippen molar-refractivity contribution in [3.05, 3.63) is 41.6 Å². The van der Waals surface area contributed by atoms with Gasteiger partial charge in [0.2, 0.25) is 0 Å². The summed E-state index contributed by atoms with van der Waals surface area (Å²) in [7, 11) is 3.61. The number of hydrogen-bond donors (Lipinski definition) is 1. The molecule has 1 amide bonds. The standard InChI is InChI=1S/C26H32N6O2/c1-7-31-20(11-17-9-8-15(3)28-24(17)31)25-29-19-10-18(12-21(34-6)23(19)30(25)5)26(33)32-13-14(2)22(27)16(32)4/h8-12,14,16,22H,7,13,27H2,1-6H3/t14-,16-,22-/m1/s1. The number of aryl methyl sites for hydroxylation is 3. The van der Waals surface area contributed by atoms with E-state index < -0.39 is 0 Å². The van der Waals surface area contributed by atoms with Crippen LogP contribution in [0, 0.1) is 12.8 Å². The van der Waals surface area contributed by atoms with Crippen molar-refractivity contribution in [1.82, 2.24) is 24.0 Å². The largest absolute Gasteiger partial charge is 0.494 e. The summed E-state index contributed by atoms with van der Waals surface area (Å²) >= 11 is 0. The quantitative estimate of drug-likeness (QED) is 0.501. The summed E-state index contributed by atoms with van der Waals surface area (Å²) < 4.78 is 9.95. The Balaban J connectivity index is 1.65. The molecule has 178 valence electrons. The van der Waals surface area contributed by atoms with Gasteiger partial charge in [0.1, 0.15) is 16.9 Å². The number of nitrogens with two attached hydrogens (primary N) is 1. The summed E-state index contributed by atoms with van der Waals surface area (Å²) in [6.45, 7) is 9.63. The second-order valence-corrected chi connectivity index (χ2v) is 9.43. The molecule has 1 aliphatic heterocycles. The van der Waals surface area contributed by atoms with Gasteiger partial charge >= 0.3 is 0 Å². The van der Waals surface area contributed by atoms with Crippen LogP contribution in [0.15, 0.2) is 30.3 Å². The molecule has 0 aliphatic carbocycles.